The molecule has 0 atom stereocenters. The molecule has 20 heavy (non-hydrogen) atoms. The van der Waals surface area contributed by atoms with Crippen molar-refractivity contribution in [2.45, 2.75) is 13.3 Å². The summed E-state index contributed by atoms with van der Waals surface area (Å²) in [5.41, 5.74) is 2.02. The molecule has 1 amide bonds. The van der Waals surface area contributed by atoms with Crippen LogP contribution in [-0.4, -0.2) is 17.0 Å². The van der Waals surface area contributed by atoms with Gasteiger partial charge in [-0.05, 0) is 35.6 Å². The van der Waals surface area contributed by atoms with Gasteiger partial charge in [-0.3, -0.25) is 4.79 Å². The van der Waals surface area contributed by atoms with Gasteiger partial charge in [0.2, 0.25) is 5.91 Å². The number of halogens is 1. The second kappa shape index (κ2) is 6.19. The SMILES string of the molecule is Cc1csc(C(=O)O)c1NC(=O)Cc1ccc(Br)cc1. The summed E-state index contributed by atoms with van der Waals surface area (Å²) in [6.07, 6.45) is 0.210. The highest BCUT2D eigenvalue weighted by atomic mass is 79.9. The number of carboxylic acids is 1. The minimum Gasteiger partial charge on any atom is -0.477 e. The van der Waals surface area contributed by atoms with E-state index < -0.39 is 5.97 Å². The molecule has 0 saturated carbocycles. The molecule has 1 heterocycles. The second-order valence-corrected chi connectivity index (χ2v) is 6.07. The van der Waals surface area contributed by atoms with Gasteiger partial charge in [0.25, 0.3) is 0 Å². The molecule has 4 nitrogen and oxygen atoms in total. The minimum absolute atomic E-state index is 0.159. The van der Waals surface area contributed by atoms with Crippen molar-refractivity contribution in [1.82, 2.24) is 0 Å². The molecule has 0 fully saturated rings. The first-order valence-corrected chi connectivity index (χ1v) is 7.50. The van der Waals surface area contributed by atoms with Crippen molar-refractivity contribution in [3.8, 4) is 0 Å². The molecule has 0 aliphatic heterocycles. The monoisotopic (exact) mass is 353 g/mol. The number of carbonyl (C=O) groups is 2. The predicted molar refractivity (Wildman–Crippen MR) is 82.5 cm³/mol. The molecule has 1 aromatic heterocycles. The summed E-state index contributed by atoms with van der Waals surface area (Å²) >= 11 is 4.44. The van der Waals surface area contributed by atoms with Crippen LogP contribution in [0, 0.1) is 6.92 Å². The maximum Gasteiger partial charge on any atom is 0.348 e. The van der Waals surface area contributed by atoms with Crippen LogP contribution in [0.2, 0.25) is 0 Å². The number of carbonyl (C=O) groups excluding carboxylic acids is 1. The van der Waals surface area contributed by atoms with Crippen molar-refractivity contribution in [3.05, 3.63) is 50.1 Å². The summed E-state index contributed by atoms with van der Waals surface area (Å²) < 4.78 is 0.948. The maximum absolute atomic E-state index is 12.0. The van der Waals surface area contributed by atoms with Crippen molar-refractivity contribution in [2.75, 3.05) is 5.32 Å². The molecule has 0 spiro atoms. The molecule has 0 unspecified atom stereocenters. The van der Waals surface area contributed by atoms with E-state index in [2.05, 4.69) is 21.2 Å². The molecule has 0 radical (unpaired) electrons. The fraction of sp³-hybridized carbons (Fsp3) is 0.143. The van der Waals surface area contributed by atoms with Crippen LogP contribution in [0.5, 0.6) is 0 Å². The van der Waals surface area contributed by atoms with Crippen LogP contribution in [-0.2, 0) is 11.2 Å². The number of amides is 1. The molecule has 0 bridgehead atoms. The van der Waals surface area contributed by atoms with Gasteiger partial charge in [-0.15, -0.1) is 11.3 Å². The molecule has 104 valence electrons. The standard InChI is InChI=1S/C14H12BrNO3S/c1-8-7-20-13(14(18)19)12(8)16-11(17)6-9-2-4-10(15)5-3-9/h2-5,7H,6H2,1H3,(H,16,17)(H,18,19). The molecular formula is C14H12BrNO3S. The summed E-state index contributed by atoms with van der Waals surface area (Å²) in [6, 6.07) is 7.42. The topological polar surface area (TPSA) is 66.4 Å². The van der Waals surface area contributed by atoms with E-state index in [1.165, 1.54) is 0 Å². The highest BCUT2D eigenvalue weighted by Crippen LogP contribution is 2.27. The van der Waals surface area contributed by atoms with E-state index in [0.717, 1.165) is 26.9 Å². The number of nitrogens with one attached hydrogen (secondary N) is 1. The number of carboxylic acid groups (broad SMARTS) is 1. The summed E-state index contributed by atoms with van der Waals surface area (Å²) in [5.74, 6) is -1.25. The van der Waals surface area contributed by atoms with Gasteiger partial charge in [0.1, 0.15) is 4.88 Å². The maximum atomic E-state index is 12.0. The van der Waals surface area contributed by atoms with Crippen molar-refractivity contribution >= 4 is 44.8 Å². The molecule has 2 rings (SSSR count). The zero-order valence-electron chi connectivity index (χ0n) is 10.6. The summed E-state index contributed by atoms with van der Waals surface area (Å²) in [6.45, 7) is 1.78. The zero-order valence-corrected chi connectivity index (χ0v) is 13.0. The number of benzene rings is 1. The Labute approximate surface area is 128 Å². The lowest BCUT2D eigenvalue weighted by Gasteiger charge is -2.06. The van der Waals surface area contributed by atoms with Crippen LogP contribution >= 0.6 is 27.3 Å². The Morgan fingerprint density at radius 2 is 1.95 bits per heavy atom. The van der Waals surface area contributed by atoms with Crippen molar-refractivity contribution in [1.29, 1.82) is 0 Å². The van der Waals surface area contributed by atoms with Crippen LogP contribution < -0.4 is 5.32 Å². The number of aryl methyl sites for hydroxylation is 1. The number of rotatable bonds is 4. The second-order valence-electron chi connectivity index (χ2n) is 4.28. The summed E-state index contributed by atoms with van der Waals surface area (Å²) in [4.78, 5) is 23.2. The van der Waals surface area contributed by atoms with Crippen LogP contribution in [0.15, 0.2) is 34.1 Å². The fourth-order valence-corrected chi connectivity index (χ4v) is 2.84. The quantitative estimate of drug-likeness (QED) is 0.880. The average Bonchev–Trinajstić information content (AvgIpc) is 2.74. The highest BCUT2D eigenvalue weighted by molar-refractivity contribution is 9.10. The van der Waals surface area contributed by atoms with Crippen molar-refractivity contribution in [3.63, 3.8) is 0 Å². The Balaban J connectivity index is 2.10. The smallest absolute Gasteiger partial charge is 0.348 e. The first kappa shape index (κ1) is 14.7. The number of aromatic carboxylic acids is 1. The molecule has 2 N–H and O–H groups in total. The van der Waals surface area contributed by atoms with E-state index in [9.17, 15) is 9.59 Å². The van der Waals surface area contributed by atoms with Gasteiger partial charge in [-0.1, -0.05) is 28.1 Å². The van der Waals surface area contributed by atoms with Gasteiger partial charge < -0.3 is 10.4 Å². The van der Waals surface area contributed by atoms with E-state index >= 15 is 0 Å². The third-order valence-electron chi connectivity index (χ3n) is 2.71. The fourth-order valence-electron chi connectivity index (χ4n) is 1.73. The first-order chi connectivity index (χ1) is 9.47. The van der Waals surface area contributed by atoms with E-state index in [1.54, 1.807) is 12.3 Å². The van der Waals surface area contributed by atoms with Crippen molar-refractivity contribution in [2.24, 2.45) is 0 Å². The summed E-state index contributed by atoms with van der Waals surface area (Å²) in [7, 11) is 0. The lowest BCUT2D eigenvalue weighted by molar-refractivity contribution is -0.115. The molecule has 0 aliphatic carbocycles. The average molecular weight is 354 g/mol. The zero-order chi connectivity index (χ0) is 14.7. The van der Waals surface area contributed by atoms with Crippen LogP contribution in [0.3, 0.4) is 0 Å². The van der Waals surface area contributed by atoms with E-state index in [1.807, 2.05) is 24.3 Å². The van der Waals surface area contributed by atoms with Gasteiger partial charge in [0.05, 0.1) is 12.1 Å². The minimum atomic E-state index is -1.03. The predicted octanol–water partition coefficient (Wildman–Crippen LogP) is 3.70. The molecule has 2 aromatic rings. The number of anilines is 1. The number of thiophene rings is 1. The van der Waals surface area contributed by atoms with E-state index in [-0.39, 0.29) is 17.2 Å². The van der Waals surface area contributed by atoms with E-state index in [0.29, 0.717) is 5.69 Å². The molecule has 1 aromatic carbocycles. The Bertz CT molecular complexity index is 649. The number of hydrogen-bond donors (Lipinski definition) is 2. The van der Waals surface area contributed by atoms with Gasteiger partial charge in [0, 0.05) is 4.47 Å². The third kappa shape index (κ3) is 3.46. The van der Waals surface area contributed by atoms with E-state index in [4.69, 9.17) is 5.11 Å². The lowest BCUT2D eigenvalue weighted by Crippen LogP contribution is -2.16. The highest BCUT2D eigenvalue weighted by Gasteiger charge is 2.17. The van der Waals surface area contributed by atoms with Crippen LogP contribution in [0.1, 0.15) is 20.8 Å². The molecule has 6 heteroatoms. The Kier molecular flexibility index (Phi) is 4.57. The Morgan fingerprint density at radius 1 is 1.30 bits per heavy atom. The van der Waals surface area contributed by atoms with Gasteiger partial charge in [-0.2, -0.15) is 0 Å². The summed E-state index contributed by atoms with van der Waals surface area (Å²) in [5, 5.41) is 13.5. The lowest BCUT2D eigenvalue weighted by atomic mass is 10.1. The molecule has 0 aliphatic rings. The number of hydrogen-bond acceptors (Lipinski definition) is 3. The van der Waals surface area contributed by atoms with Crippen LogP contribution in [0.25, 0.3) is 0 Å². The van der Waals surface area contributed by atoms with Gasteiger partial charge >= 0.3 is 5.97 Å². The molecule has 0 saturated heterocycles. The van der Waals surface area contributed by atoms with Crippen LogP contribution in [0.4, 0.5) is 5.69 Å². The van der Waals surface area contributed by atoms with Gasteiger partial charge in [0.15, 0.2) is 0 Å². The third-order valence-corrected chi connectivity index (χ3v) is 4.33. The van der Waals surface area contributed by atoms with Gasteiger partial charge in [-0.25, -0.2) is 4.79 Å². The van der Waals surface area contributed by atoms with Crippen molar-refractivity contribution < 1.29 is 14.7 Å². The first-order valence-electron chi connectivity index (χ1n) is 5.83. The Hall–Kier alpha value is -1.66. The normalized spacial score (nSPS) is 10.3. The Morgan fingerprint density at radius 3 is 2.55 bits per heavy atom. The molecular weight excluding hydrogens is 342 g/mol. The largest absolute Gasteiger partial charge is 0.477 e.